The smallest absolute Gasteiger partial charge is 0.207 e. The van der Waals surface area contributed by atoms with Crippen LogP contribution in [-0.2, 0) is 0 Å². The summed E-state index contributed by atoms with van der Waals surface area (Å²) in [6, 6.07) is 18.5. The highest BCUT2D eigenvalue weighted by molar-refractivity contribution is 7.21. The first kappa shape index (κ1) is 25.3. The fourth-order valence-electron chi connectivity index (χ4n) is 4.84. The summed E-state index contributed by atoms with van der Waals surface area (Å²) in [5.41, 5.74) is 2.61. The van der Waals surface area contributed by atoms with Gasteiger partial charge in [-0.25, -0.2) is 0 Å². The van der Waals surface area contributed by atoms with Gasteiger partial charge in [0, 0.05) is 28.7 Å². The van der Waals surface area contributed by atoms with Gasteiger partial charge in [0.15, 0.2) is 5.75 Å². The Bertz CT molecular complexity index is 1410. The monoisotopic (exact) mass is 515 g/mol. The number of aromatic hydroxyl groups is 1. The average Bonchev–Trinajstić information content (AvgIpc) is 3.46. The number of benzene rings is 3. The number of aryl methyl sites for hydroxylation is 2. The van der Waals surface area contributed by atoms with Crippen molar-refractivity contribution in [3.63, 3.8) is 0 Å². The quantitative estimate of drug-likeness (QED) is 0.186. The maximum atomic E-state index is 13.6. The SMILES string of the molecule is Cc1ccc(C)c(C(=O)c2sc3cc(O)ccc3c2Oc2ccc(OCCCN3CC[C@@H](C)C3)cc2)c1. The minimum absolute atomic E-state index is 0.0794. The number of carbonyl (C=O) groups excluding carboxylic acids is 1. The molecule has 1 fully saturated rings. The van der Waals surface area contributed by atoms with Gasteiger partial charge in [0.25, 0.3) is 0 Å². The molecule has 0 spiro atoms. The van der Waals surface area contributed by atoms with Gasteiger partial charge in [-0.3, -0.25) is 4.79 Å². The van der Waals surface area contributed by atoms with E-state index in [0.717, 1.165) is 45.8 Å². The van der Waals surface area contributed by atoms with E-state index in [-0.39, 0.29) is 11.5 Å². The third kappa shape index (κ3) is 5.81. The van der Waals surface area contributed by atoms with Crippen molar-refractivity contribution in [3.05, 3.63) is 82.2 Å². The van der Waals surface area contributed by atoms with Gasteiger partial charge in [0.05, 0.1) is 6.61 Å². The lowest BCUT2D eigenvalue weighted by Gasteiger charge is -2.15. The molecule has 1 saturated heterocycles. The molecule has 1 aliphatic rings. The van der Waals surface area contributed by atoms with Crippen LogP contribution in [0.4, 0.5) is 0 Å². The van der Waals surface area contributed by atoms with Crippen LogP contribution in [0, 0.1) is 19.8 Å². The van der Waals surface area contributed by atoms with E-state index in [2.05, 4.69) is 11.8 Å². The average molecular weight is 516 g/mol. The van der Waals surface area contributed by atoms with Crippen molar-refractivity contribution in [1.29, 1.82) is 0 Å². The Balaban J connectivity index is 1.32. The molecule has 1 atom stereocenters. The molecule has 1 aromatic heterocycles. The molecule has 5 rings (SSSR count). The van der Waals surface area contributed by atoms with Crippen LogP contribution in [0.2, 0.25) is 0 Å². The summed E-state index contributed by atoms with van der Waals surface area (Å²) in [6.07, 6.45) is 2.30. The van der Waals surface area contributed by atoms with Gasteiger partial charge in [-0.15, -0.1) is 11.3 Å². The van der Waals surface area contributed by atoms with Crippen molar-refractivity contribution < 1.29 is 19.4 Å². The van der Waals surface area contributed by atoms with Gasteiger partial charge in [-0.2, -0.15) is 0 Å². The summed E-state index contributed by atoms with van der Waals surface area (Å²) in [5, 5.41) is 10.8. The number of carbonyl (C=O) groups is 1. The lowest BCUT2D eigenvalue weighted by atomic mass is 10.0. The molecule has 6 heteroatoms. The minimum Gasteiger partial charge on any atom is -0.508 e. The van der Waals surface area contributed by atoms with E-state index >= 15 is 0 Å². The number of hydrogen-bond acceptors (Lipinski definition) is 6. The number of ether oxygens (including phenoxy) is 2. The van der Waals surface area contributed by atoms with Gasteiger partial charge in [-0.05, 0) is 93.2 Å². The molecular weight excluding hydrogens is 482 g/mol. The summed E-state index contributed by atoms with van der Waals surface area (Å²) in [7, 11) is 0. The van der Waals surface area contributed by atoms with Crippen molar-refractivity contribution >= 4 is 27.2 Å². The number of phenolic OH excluding ortho intramolecular Hbond substituents is 1. The molecule has 2 heterocycles. The standard InChI is InChI=1S/C31H33NO4S/c1-20-5-6-22(3)27(17-20)29(34)31-30(26-12-7-23(33)18-28(26)37-31)36-25-10-8-24(9-11-25)35-16-4-14-32-15-13-21(2)19-32/h5-12,17-18,21,33H,4,13-16,19H2,1-3H3/t21-/m1/s1. The summed E-state index contributed by atoms with van der Waals surface area (Å²) in [6.45, 7) is 10.4. The largest absolute Gasteiger partial charge is 0.508 e. The minimum atomic E-state index is -0.0794. The number of likely N-dealkylation sites (tertiary alicyclic amines) is 1. The normalized spacial score (nSPS) is 15.8. The fraction of sp³-hybridized carbons (Fsp3) is 0.323. The van der Waals surface area contributed by atoms with E-state index in [1.165, 1.54) is 30.8 Å². The highest BCUT2D eigenvalue weighted by Gasteiger charge is 2.23. The van der Waals surface area contributed by atoms with Crippen LogP contribution in [-0.4, -0.2) is 42.0 Å². The zero-order valence-corrected chi connectivity index (χ0v) is 22.4. The molecule has 192 valence electrons. The Morgan fingerprint density at radius 2 is 1.84 bits per heavy atom. The van der Waals surface area contributed by atoms with Gasteiger partial charge in [-0.1, -0.05) is 24.6 Å². The lowest BCUT2D eigenvalue weighted by Crippen LogP contribution is -2.22. The van der Waals surface area contributed by atoms with Gasteiger partial charge < -0.3 is 19.5 Å². The summed E-state index contributed by atoms with van der Waals surface area (Å²) in [5.74, 6) is 2.82. The van der Waals surface area contributed by atoms with E-state index in [1.807, 2.05) is 56.3 Å². The maximum Gasteiger partial charge on any atom is 0.207 e. The molecule has 0 aliphatic carbocycles. The number of hydrogen-bond donors (Lipinski definition) is 1. The molecule has 0 unspecified atom stereocenters. The number of thiophene rings is 1. The molecule has 4 aromatic rings. The van der Waals surface area contributed by atoms with Crippen LogP contribution in [0.15, 0.2) is 60.7 Å². The van der Waals surface area contributed by atoms with Crippen LogP contribution in [0.5, 0.6) is 23.0 Å². The number of ketones is 1. The number of fused-ring (bicyclic) bond motifs is 1. The van der Waals surface area contributed by atoms with Crippen LogP contribution in [0.3, 0.4) is 0 Å². The highest BCUT2D eigenvalue weighted by atomic mass is 32.1. The van der Waals surface area contributed by atoms with Crippen LogP contribution in [0.25, 0.3) is 10.1 Å². The third-order valence-electron chi connectivity index (χ3n) is 6.91. The molecule has 1 N–H and O–H groups in total. The molecule has 0 radical (unpaired) electrons. The first-order valence-corrected chi connectivity index (χ1v) is 13.7. The lowest BCUT2D eigenvalue weighted by molar-refractivity contribution is 0.104. The van der Waals surface area contributed by atoms with Crippen molar-refractivity contribution in [2.24, 2.45) is 5.92 Å². The molecule has 1 aliphatic heterocycles. The van der Waals surface area contributed by atoms with E-state index in [1.54, 1.807) is 18.2 Å². The van der Waals surface area contributed by atoms with E-state index in [4.69, 9.17) is 9.47 Å². The molecule has 0 bridgehead atoms. The Morgan fingerprint density at radius 3 is 2.59 bits per heavy atom. The third-order valence-corrected chi connectivity index (χ3v) is 8.04. The van der Waals surface area contributed by atoms with Crippen molar-refractivity contribution in [2.75, 3.05) is 26.2 Å². The van der Waals surface area contributed by atoms with Crippen LogP contribution in [0.1, 0.15) is 46.1 Å². The predicted molar refractivity (Wildman–Crippen MR) is 150 cm³/mol. The maximum absolute atomic E-state index is 13.6. The number of nitrogens with zero attached hydrogens (tertiary/aromatic N) is 1. The Hall–Kier alpha value is -3.35. The fourth-order valence-corrected chi connectivity index (χ4v) is 5.96. The van der Waals surface area contributed by atoms with Gasteiger partial charge >= 0.3 is 0 Å². The topological polar surface area (TPSA) is 59.0 Å². The second kappa shape index (κ2) is 11.0. The van der Waals surface area contributed by atoms with E-state index in [0.29, 0.717) is 28.5 Å². The summed E-state index contributed by atoms with van der Waals surface area (Å²) < 4.78 is 13.1. The van der Waals surface area contributed by atoms with Crippen molar-refractivity contribution in [2.45, 2.75) is 33.6 Å². The Labute approximate surface area is 222 Å². The summed E-state index contributed by atoms with van der Waals surface area (Å²) >= 11 is 1.34. The molecule has 0 saturated carbocycles. The van der Waals surface area contributed by atoms with E-state index < -0.39 is 0 Å². The summed E-state index contributed by atoms with van der Waals surface area (Å²) in [4.78, 5) is 16.7. The molecule has 5 nitrogen and oxygen atoms in total. The van der Waals surface area contributed by atoms with Crippen LogP contribution >= 0.6 is 11.3 Å². The zero-order valence-electron chi connectivity index (χ0n) is 21.6. The first-order chi connectivity index (χ1) is 17.9. The Morgan fingerprint density at radius 1 is 1.05 bits per heavy atom. The second-order valence-electron chi connectivity index (χ2n) is 10.1. The first-order valence-electron chi connectivity index (χ1n) is 12.9. The highest BCUT2D eigenvalue weighted by Crippen LogP contribution is 2.43. The van der Waals surface area contributed by atoms with Crippen molar-refractivity contribution in [3.8, 4) is 23.0 Å². The van der Waals surface area contributed by atoms with E-state index in [9.17, 15) is 9.90 Å². The van der Waals surface area contributed by atoms with Gasteiger partial charge in [0.2, 0.25) is 5.78 Å². The Kier molecular flexibility index (Phi) is 7.49. The van der Waals surface area contributed by atoms with Crippen LogP contribution < -0.4 is 9.47 Å². The number of phenols is 1. The predicted octanol–water partition coefficient (Wildman–Crippen LogP) is 7.36. The zero-order chi connectivity index (χ0) is 25.9. The molecular formula is C31H33NO4S. The number of rotatable bonds is 9. The van der Waals surface area contributed by atoms with Gasteiger partial charge in [0.1, 0.15) is 22.1 Å². The molecule has 3 aromatic carbocycles. The molecule has 0 amide bonds. The van der Waals surface area contributed by atoms with Crippen molar-refractivity contribution in [1.82, 2.24) is 4.90 Å². The molecule has 37 heavy (non-hydrogen) atoms. The second-order valence-corrected chi connectivity index (χ2v) is 11.1.